The molecule has 0 radical (unpaired) electrons. The molecule has 2 nitrogen and oxygen atoms in total. The molecule has 0 saturated heterocycles. The zero-order valence-electron chi connectivity index (χ0n) is 6.77. The van der Waals surface area contributed by atoms with Crippen molar-refractivity contribution in [3.8, 4) is 5.75 Å². The van der Waals surface area contributed by atoms with Gasteiger partial charge in [0.15, 0.2) is 0 Å². The summed E-state index contributed by atoms with van der Waals surface area (Å²) in [5.74, 6) is 0.270. The van der Waals surface area contributed by atoms with Crippen molar-refractivity contribution in [2.45, 2.75) is 6.42 Å². The Kier molecular flexibility index (Phi) is 3.35. The molecule has 0 fully saturated rings. The number of aliphatic hydroxyl groups is 1. The van der Waals surface area contributed by atoms with E-state index in [0.717, 1.165) is 5.56 Å². The maximum absolute atomic E-state index is 9.30. The molecule has 0 heterocycles. The molecule has 12 heavy (non-hydrogen) atoms. The van der Waals surface area contributed by atoms with Crippen molar-refractivity contribution < 1.29 is 10.2 Å². The summed E-state index contributed by atoms with van der Waals surface area (Å²) in [6.45, 7) is 0.143. The Balaban J connectivity index is 2.68. The summed E-state index contributed by atoms with van der Waals surface area (Å²) >= 11 is 0. The molecule has 64 valence electrons. The minimum atomic E-state index is 0.143. The maximum Gasteiger partial charge on any atom is 0.122 e. The number of phenolic OH excluding ortho intramolecular Hbond substituents is 1. The number of aromatic hydroxyl groups is 1. The van der Waals surface area contributed by atoms with E-state index in [1.54, 1.807) is 18.2 Å². The summed E-state index contributed by atoms with van der Waals surface area (Å²) in [4.78, 5) is 0. The van der Waals surface area contributed by atoms with Crippen LogP contribution in [-0.4, -0.2) is 16.8 Å². The molecule has 1 aromatic rings. The first-order valence-corrected chi connectivity index (χ1v) is 3.90. The number of rotatable bonds is 3. The minimum absolute atomic E-state index is 0.143. The number of hydrogen-bond donors (Lipinski definition) is 2. The number of phenols is 1. The van der Waals surface area contributed by atoms with E-state index in [9.17, 15) is 5.11 Å². The molecule has 0 amide bonds. The standard InChI is InChI=1S/C10H12O2/c11-8-4-3-6-9-5-1-2-7-10(9)12/h1-3,5-7,11-12H,4,8H2. The third-order valence-corrected chi connectivity index (χ3v) is 1.53. The molecule has 0 saturated carbocycles. The van der Waals surface area contributed by atoms with Gasteiger partial charge in [0.05, 0.1) is 0 Å². The average molecular weight is 164 g/mol. The van der Waals surface area contributed by atoms with Crippen LogP contribution in [0.4, 0.5) is 0 Å². The number of benzene rings is 1. The van der Waals surface area contributed by atoms with Gasteiger partial charge in [-0.05, 0) is 12.5 Å². The summed E-state index contributed by atoms with van der Waals surface area (Å²) in [6, 6.07) is 7.10. The van der Waals surface area contributed by atoms with Crippen LogP contribution in [0.5, 0.6) is 5.75 Å². The van der Waals surface area contributed by atoms with E-state index in [2.05, 4.69) is 0 Å². The van der Waals surface area contributed by atoms with Gasteiger partial charge in [0.25, 0.3) is 0 Å². The topological polar surface area (TPSA) is 40.5 Å². The predicted molar refractivity (Wildman–Crippen MR) is 48.8 cm³/mol. The summed E-state index contributed by atoms with van der Waals surface area (Å²) < 4.78 is 0. The van der Waals surface area contributed by atoms with E-state index in [4.69, 9.17) is 5.11 Å². The summed E-state index contributed by atoms with van der Waals surface area (Å²) in [5.41, 5.74) is 0.783. The van der Waals surface area contributed by atoms with Crippen molar-refractivity contribution >= 4 is 6.08 Å². The second-order valence-corrected chi connectivity index (χ2v) is 2.47. The van der Waals surface area contributed by atoms with Gasteiger partial charge in [-0.3, -0.25) is 0 Å². The molecule has 0 unspecified atom stereocenters. The zero-order chi connectivity index (χ0) is 8.81. The molecule has 0 atom stereocenters. The summed E-state index contributed by atoms with van der Waals surface area (Å²) in [6.07, 6.45) is 4.24. The Bertz CT molecular complexity index is 266. The Morgan fingerprint density at radius 3 is 2.67 bits per heavy atom. The SMILES string of the molecule is OCCC=Cc1ccccc1O. The molecule has 1 aromatic carbocycles. The average Bonchev–Trinajstić information content (AvgIpc) is 2.09. The van der Waals surface area contributed by atoms with Gasteiger partial charge in [-0.15, -0.1) is 0 Å². The van der Waals surface area contributed by atoms with Crippen molar-refractivity contribution in [1.29, 1.82) is 0 Å². The van der Waals surface area contributed by atoms with E-state index in [-0.39, 0.29) is 12.4 Å². The van der Waals surface area contributed by atoms with Crippen LogP contribution in [0.25, 0.3) is 6.08 Å². The second-order valence-electron chi connectivity index (χ2n) is 2.47. The molecule has 0 spiro atoms. The lowest BCUT2D eigenvalue weighted by Crippen LogP contribution is -1.76. The summed E-state index contributed by atoms with van der Waals surface area (Å²) in [5, 5.41) is 17.8. The van der Waals surface area contributed by atoms with Gasteiger partial charge in [0.2, 0.25) is 0 Å². The van der Waals surface area contributed by atoms with E-state index in [1.165, 1.54) is 0 Å². The van der Waals surface area contributed by atoms with E-state index < -0.39 is 0 Å². The Morgan fingerprint density at radius 1 is 1.25 bits per heavy atom. The Morgan fingerprint density at radius 2 is 2.00 bits per heavy atom. The fraction of sp³-hybridized carbons (Fsp3) is 0.200. The first-order chi connectivity index (χ1) is 5.84. The van der Waals surface area contributed by atoms with Crippen molar-refractivity contribution in [3.63, 3.8) is 0 Å². The molecule has 0 aromatic heterocycles. The van der Waals surface area contributed by atoms with Gasteiger partial charge < -0.3 is 10.2 Å². The molecule has 1 rings (SSSR count). The van der Waals surface area contributed by atoms with Crippen LogP contribution >= 0.6 is 0 Å². The molecule has 0 aliphatic heterocycles. The largest absolute Gasteiger partial charge is 0.507 e. The highest BCUT2D eigenvalue weighted by Gasteiger charge is 1.91. The van der Waals surface area contributed by atoms with Crippen molar-refractivity contribution in [2.24, 2.45) is 0 Å². The van der Waals surface area contributed by atoms with Crippen LogP contribution in [0.2, 0.25) is 0 Å². The Hall–Kier alpha value is -1.28. The lowest BCUT2D eigenvalue weighted by atomic mass is 10.2. The van der Waals surface area contributed by atoms with Crippen molar-refractivity contribution in [1.82, 2.24) is 0 Å². The van der Waals surface area contributed by atoms with Crippen LogP contribution in [0.3, 0.4) is 0 Å². The smallest absolute Gasteiger partial charge is 0.122 e. The first-order valence-electron chi connectivity index (χ1n) is 3.90. The third-order valence-electron chi connectivity index (χ3n) is 1.53. The van der Waals surface area contributed by atoms with E-state index in [0.29, 0.717) is 6.42 Å². The number of hydrogen-bond acceptors (Lipinski definition) is 2. The molecule has 0 bridgehead atoms. The van der Waals surface area contributed by atoms with Crippen LogP contribution < -0.4 is 0 Å². The summed E-state index contributed by atoms with van der Waals surface area (Å²) in [7, 11) is 0. The molecular formula is C10H12O2. The monoisotopic (exact) mass is 164 g/mol. The number of aliphatic hydroxyl groups excluding tert-OH is 1. The van der Waals surface area contributed by atoms with E-state index in [1.807, 2.05) is 18.2 Å². The molecule has 0 aliphatic carbocycles. The molecule has 0 aliphatic rings. The van der Waals surface area contributed by atoms with Gasteiger partial charge >= 0.3 is 0 Å². The van der Waals surface area contributed by atoms with Gasteiger partial charge in [-0.1, -0.05) is 30.4 Å². The quantitative estimate of drug-likeness (QED) is 0.715. The lowest BCUT2D eigenvalue weighted by Gasteiger charge is -1.96. The second kappa shape index (κ2) is 4.57. The molecular weight excluding hydrogens is 152 g/mol. The molecule has 2 N–H and O–H groups in total. The first kappa shape index (κ1) is 8.81. The van der Waals surface area contributed by atoms with Crippen LogP contribution in [0, 0.1) is 0 Å². The van der Waals surface area contributed by atoms with Crippen LogP contribution in [-0.2, 0) is 0 Å². The minimum Gasteiger partial charge on any atom is -0.507 e. The van der Waals surface area contributed by atoms with Crippen LogP contribution in [0.15, 0.2) is 30.3 Å². The normalized spacial score (nSPS) is 10.8. The molecule has 2 heteroatoms. The van der Waals surface area contributed by atoms with Crippen molar-refractivity contribution in [3.05, 3.63) is 35.9 Å². The highest BCUT2D eigenvalue weighted by Crippen LogP contribution is 2.16. The zero-order valence-corrected chi connectivity index (χ0v) is 6.77. The van der Waals surface area contributed by atoms with E-state index >= 15 is 0 Å². The maximum atomic E-state index is 9.30. The van der Waals surface area contributed by atoms with Gasteiger partial charge in [-0.25, -0.2) is 0 Å². The van der Waals surface area contributed by atoms with Gasteiger partial charge in [0, 0.05) is 12.2 Å². The lowest BCUT2D eigenvalue weighted by molar-refractivity contribution is 0.303. The Labute approximate surface area is 71.8 Å². The number of para-hydroxylation sites is 1. The van der Waals surface area contributed by atoms with Crippen LogP contribution in [0.1, 0.15) is 12.0 Å². The third kappa shape index (κ3) is 2.40. The van der Waals surface area contributed by atoms with Gasteiger partial charge in [-0.2, -0.15) is 0 Å². The fourth-order valence-electron chi connectivity index (χ4n) is 0.913. The van der Waals surface area contributed by atoms with Gasteiger partial charge in [0.1, 0.15) is 5.75 Å². The highest BCUT2D eigenvalue weighted by atomic mass is 16.3. The predicted octanol–water partition coefficient (Wildman–Crippen LogP) is 1.79. The fourth-order valence-corrected chi connectivity index (χ4v) is 0.913. The van der Waals surface area contributed by atoms with Crippen molar-refractivity contribution in [2.75, 3.05) is 6.61 Å². The highest BCUT2D eigenvalue weighted by molar-refractivity contribution is 5.56.